The van der Waals surface area contributed by atoms with Crippen molar-refractivity contribution >= 4 is 29.3 Å². The molecule has 1 unspecified atom stereocenters. The molecule has 0 spiro atoms. The van der Waals surface area contributed by atoms with Gasteiger partial charge >= 0.3 is 0 Å². The highest BCUT2D eigenvalue weighted by atomic mass is 35.5. The minimum absolute atomic E-state index is 0.0548. The van der Waals surface area contributed by atoms with Crippen molar-refractivity contribution in [1.82, 2.24) is 9.96 Å². The molecule has 0 aromatic carbocycles. The van der Waals surface area contributed by atoms with Gasteiger partial charge in [-0.05, 0) is 31.8 Å². The molecular formula is C18H20ClFN2O4. The quantitative estimate of drug-likeness (QED) is 0.426. The summed E-state index contributed by atoms with van der Waals surface area (Å²) in [5.74, 6) is -1.10. The fourth-order valence-electron chi connectivity index (χ4n) is 3.46. The van der Waals surface area contributed by atoms with Crippen LogP contribution >= 0.6 is 11.6 Å². The Labute approximate surface area is 155 Å². The number of alkyl halides is 2. The van der Waals surface area contributed by atoms with Gasteiger partial charge < -0.3 is 0 Å². The van der Waals surface area contributed by atoms with Gasteiger partial charge in [0.1, 0.15) is 0 Å². The fraction of sp³-hybridized carbons (Fsp3) is 0.500. The number of imide groups is 1. The molecule has 140 valence electrons. The fourth-order valence-corrected chi connectivity index (χ4v) is 3.65. The highest BCUT2D eigenvalue weighted by Gasteiger charge is 2.43. The van der Waals surface area contributed by atoms with E-state index in [0.717, 1.165) is 22.8 Å². The maximum Gasteiger partial charge on any atom is 0.261 e. The van der Waals surface area contributed by atoms with Gasteiger partial charge in [0.15, 0.2) is 0 Å². The van der Waals surface area contributed by atoms with Crippen LogP contribution in [0.25, 0.3) is 0 Å². The topological polar surface area (TPSA) is 66.9 Å². The van der Waals surface area contributed by atoms with Gasteiger partial charge in [0.05, 0.1) is 13.7 Å². The predicted molar refractivity (Wildman–Crippen MR) is 92.2 cm³/mol. The number of allylic oxidation sites excluding steroid dienone is 2. The van der Waals surface area contributed by atoms with Crippen LogP contribution in [0.5, 0.6) is 0 Å². The molecular weight excluding hydrogens is 363 g/mol. The average Bonchev–Trinajstić information content (AvgIpc) is 2.85. The van der Waals surface area contributed by atoms with Crippen LogP contribution < -0.4 is 0 Å². The summed E-state index contributed by atoms with van der Waals surface area (Å²) >= 11 is 5.94. The highest BCUT2D eigenvalue weighted by molar-refractivity contribution is 6.25. The second-order valence-corrected chi connectivity index (χ2v) is 7.15. The lowest BCUT2D eigenvalue weighted by atomic mass is 9.93. The standard InChI is InChI=1S/C18H20ClFN2O4/c1-11(23)21(26-2)10-12-9-13(7-8-18(12,19)20)22-16(24)14-5-3-4-6-15(14)17(22)25/h7,9H,3-6,8,10H2,1-2H3. The number of halogens is 2. The average molecular weight is 383 g/mol. The molecule has 3 aliphatic rings. The molecule has 1 heterocycles. The first-order valence-corrected chi connectivity index (χ1v) is 8.86. The first kappa shape index (κ1) is 18.8. The highest BCUT2D eigenvalue weighted by Crippen LogP contribution is 2.40. The summed E-state index contributed by atoms with van der Waals surface area (Å²) in [4.78, 5) is 42.9. The number of nitrogens with zero attached hydrogens (tertiary/aromatic N) is 2. The van der Waals surface area contributed by atoms with Gasteiger partial charge in [-0.1, -0.05) is 17.7 Å². The summed E-state index contributed by atoms with van der Waals surface area (Å²) in [6.07, 6.45) is 5.52. The molecule has 1 atom stereocenters. The van der Waals surface area contributed by atoms with E-state index in [1.807, 2.05) is 0 Å². The van der Waals surface area contributed by atoms with E-state index >= 15 is 0 Å². The van der Waals surface area contributed by atoms with Gasteiger partial charge in [-0.15, -0.1) is 0 Å². The van der Waals surface area contributed by atoms with Crippen molar-refractivity contribution in [2.45, 2.75) is 44.2 Å². The minimum Gasteiger partial charge on any atom is -0.274 e. The van der Waals surface area contributed by atoms with Gasteiger partial charge in [0.2, 0.25) is 11.0 Å². The second kappa shape index (κ2) is 6.96. The lowest BCUT2D eigenvalue weighted by Gasteiger charge is -2.30. The van der Waals surface area contributed by atoms with Crippen LogP contribution in [0.1, 0.15) is 39.0 Å². The van der Waals surface area contributed by atoms with E-state index in [0.29, 0.717) is 24.0 Å². The molecule has 26 heavy (non-hydrogen) atoms. The summed E-state index contributed by atoms with van der Waals surface area (Å²) in [5.41, 5.74) is 1.46. The number of hydroxylamine groups is 2. The molecule has 8 heteroatoms. The third-order valence-corrected chi connectivity index (χ3v) is 5.29. The van der Waals surface area contributed by atoms with Crippen LogP contribution in [0, 0.1) is 0 Å². The SMILES string of the molecule is CON(CC1=CC(N2C(=O)C3=C(CCCC3)C2=O)=CCC1(F)Cl)C(C)=O. The third-order valence-electron chi connectivity index (χ3n) is 4.89. The molecule has 6 nitrogen and oxygen atoms in total. The number of rotatable bonds is 4. The number of carbonyl (C=O) groups is 3. The Hall–Kier alpha value is -1.99. The Morgan fingerprint density at radius 1 is 1.31 bits per heavy atom. The molecule has 0 saturated heterocycles. The smallest absolute Gasteiger partial charge is 0.261 e. The molecule has 3 amide bonds. The van der Waals surface area contributed by atoms with E-state index in [4.69, 9.17) is 16.4 Å². The predicted octanol–water partition coefficient (Wildman–Crippen LogP) is 2.75. The lowest BCUT2D eigenvalue weighted by Crippen LogP contribution is -2.37. The van der Waals surface area contributed by atoms with Crippen LogP contribution in [0.2, 0.25) is 0 Å². The molecule has 1 aliphatic heterocycles. The van der Waals surface area contributed by atoms with Crippen molar-refractivity contribution in [3.05, 3.63) is 34.6 Å². The molecule has 0 radical (unpaired) electrons. The molecule has 0 fully saturated rings. The maximum atomic E-state index is 14.7. The molecule has 2 aliphatic carbocycles. The molecule has 0 N–H and O–H groups in total. The summed E-state index contributed by atoms with van der Waals surface area (Å²) < 4.78 is 14.7. The number of hydrogen-bond acceptors (Lipinski definition) is 4. The number of amides is 3. The van der Waals surface area contributed by atoms with E-state index in [1.165, 1.54) is 26.2 Å². The largest absolute Gasteiger partial charge is 0.274 e. The normalized spacial score (nSPS) is 25.9. The van der Waals surface area contributed by atoms with Crippen molar-refractivity contribution in [3.63, 3.8) is 0 Å². The van der Waals surface area contributed by atoms with E-state index in [1.54, 1.807) is 0 Å². The van der Waals surface area contributed by atoms with Crippen molar-refractivity contribution in [3.8, 4) is 0 Å². The Balaban J connectivity index is 1.89. The minimum atomic E-state index is -2.21. The Bertz CT molecular complexity index is 741. The first-order valence-electron chi connectivity index (χ1n) is 8.48. The molecule has 0 aromatic heterocycles. The van der Waals surface area contributed by atoms with Crippen LogP contribution in [0.15, 0.2) is 34.6 Å². The summed E-state index contributed by atoms with van der Waals surface area (Å²) in [6, 6.07) is 0. The molecule has 0 bridgehead atoms. The molecule has 3 rings (SSSR count). The molecule has 0 aromatic rings. The number of carbonyl (C=O) groups excluding carboxylic acids is 3. The van der Waals surface area contributed by atoms with E-state index < -0.39 is 11.0 Å². The van der Waals surface area contributed by atoms with E-state index in [2.05, 4.69) is 0 Å². The summed E-state index contributed by atoms with van der Waals surface area (Å²) in [5, 5.41) is -1.25. The van der Waals surface area contributed by atoms with Gasteiger partial charge in [0.25, 0.3) is 11.8 Å². The van der Waals surface area contributed by atoms with Gasteiger partial charge in [-0.3, -0.25) is 19.2 Å². The van der Waals surface area contributed by atoms with Crippen molar-refractivity contribution in [2.75, 3.05) is 13.7 Å². The van der Waals surface area contributed by atoms with Crippen LogP contribution in [-0.4, -0.2) is 46.5 Å². The lowest BCUT2D eigenvalue weighted by molar-refractivity contribution is -0.171. The monoisotopic (exact) mass is 382 g/mol. The van der Waals surface area contributed by atoms with Crippen molar-refractivity contribution < 1.29 is 23.6 Å². The van der Waals surface area contributed by atoms with Gasteiger partial charge in [-0.2, -0.15) is 0 Å². The van der Waals surface area contributed by atoms with Crippen molar-refractivity contribution in [1.29, 1.82) is 0 Å². The van der Waals surface area contributed by atoms with E-state index in [9.17, 15) is 18.8 Å². The Morgan fingerprint density at radius 2 is 1.88 bits per heavy atom. The maximum absolute atomic E-state index is 14.7. The Morgan fingerprint density at radius 3 is 2.38 bits per heavy atom. The van der Waals surface area contributed by atoms with Gasteiger partial charge in [0, 0.05) is 35.8 Å². The van der Waals surface area contributed by atoms with Crippen LogP contribution in [0.3, 0.4) is 0 Å². The third kappa shape index (κ3) is 3.21. The van der Waals surface area contributed by atoms with Crippen LogP contribution in [-0.2, 0) is 19.2 Å². The number of hydrogen-bond donors (Lipinski definition) is 0. The second-order valence-electron chi connectivity index (χ2n) is 6.56. The van der Waals surface area contributed by atoms with Crippen LogP contribution in [0.4, 0.5) is 4.39 Å². The Kier molecular flexibility index (Phi) is 5.03. The van der Waals surface area contributed by atoms with Gasteiger partial charge in [-0.25, -0.2) is 14.4 Å². The summed E-state index contributed by atoms with van der Waals surface area (Å²) in [7, 11) is 1.29. The van der Waals surface area contributed by atoms with Crippen molar-refractivity contribution in [2.24, 2.45) is 0 Å². The molecule has 0 saturated carbocycles. The summed E-state index contributed by atoms with van der Waals surface area (Å²) in [6.45, 7) is 1.08. The first-order chi connectivity index (χ1) is 12.3. The zero-order chi connectivity index (χ0) is 19.1. The zero-order valence-corrected chi connectivity index (χ0v) is 15.4. The van der Waals surface area contributed by atoms with E-state index in [-0.39, 0.29) is 36.1 Å². The zero-order valence-electron chi connectivity index (χ0n) is 14.7.